The molecule has 5 nitrogen and oxygen atoms in total. The number of hydrogen-bond donors (Lipinski definition) is 0. The van der Waals surface area contributed by atoms with Crippen molar-refractivity contribution < 1.29 is 9.21 Å². The Morgan fingerprint density at radius 3 is 2.79 bits per heavy atom. The number of thioether (sulfide) groups is 1. The maximum absolute atomic E-state index is 13.1. The SMILES string of the molecule is Cn1c(-c2ccccc2)cnc1SCC(=O)N(Cc1ccco1)C1=CCCCC1. The van der Waals surface area contributed by atoms with Crippen molar-refractivity contribution in [3.63, 3.8) is 0 Å². The first kappa shape index (κ1) is 19.6. The second-order valence-corrected chi connectivity index (χ2v) is 8.08. The molecule has 29 heavy (non-hydrogen) atoms. The van der Waals surface area contributed by atoms with Gasteiger partial charge in [-0.25, -0.2) is 4.98 Å². The van der Waals surface area contributed by atoms with E-state index >= 15 is 0 Å². The molecule has 0 fully saturated rings. The van der Waals surface area contributed by atoms with Gasteiger partial charge in [-0.1, -0.05) is 48.2 Å². The number of allylic oxidation sites excluding steroid dienone is 2. The van der Waals surface area contributed by atoms with Crippen molar-refractivity contribution in [1.29, 1.82) is 0 Å². The minimum absolute atomic E-state index is 0.0869. The van der Waals surface area contributed by atoms with Gasteiger partial charge in [0.25, 0.3) is 0 Å². The van der Waals surface area contributed by atoms with Crippen LogP contribution in [0, 0.1) is 0 Å². The van der Waals surface area contributed by atoms with E-state index in [9.17, 15) is 4.79 Å². The first-order valence-electron chi connectivity index (χ1n) is 9.94. The number of amides is 1. The Morgan fingerprint density at radius 1 is 1.21 bits per heavy atom. The van der Waals surface area contributed by atoms with Crippen LogP contribution >= 0.6 is 11.8 Å². The number of carbonyl (C=O) groups is 1. The predicted molar refractivity (Wildman–Crippen MR) is 115 cm³/mol. The van der Waals surface area contributed by atoms with Crippen LogP contribution < -0.4 is 0 Å². The molecule has 3 aromatic rings. The maximum atomic E-state index is 13.1. The largest absolute Gasteiger partial charge is 0.467 e. The molecular formula is C23H25N3O2S. The Hall–Kier alpha value is -2.73. The van der Waals surface area contributed by atoms with Crippen molar-refractivity contribution in [3.05, 3.63) is 72.5 Å². The van der Waals surface area contributed by atoms with Crippen molar-refractivity contribution in [3.8, 4) is 11.3 Å². The summed E-state index contributed by atoms with van der Waals surface area (Å²) in [5.41, 5.74) is 3.28. The smallest absolute Gasteiger partial charge is 0.237 e. The van der Waals surface area contributed by atoms with Crippen LogP contribution in [-0.2, 0) is 18.4 Å². The van der Waals surface area contributed by atoms with Crippen molar-refractivity contribution >= 4 is 17.7 Å². The van der Waals surface area contributed by atoms with E-state index in [1.54, 1.807) is 6.26 Å². The molecule has 0 saturated carbocycles. The van der Waals surface area contributed by atoms with Crippen molar-refractivity contribution in [2.75, 3.05) is 5.75 Å². The zero-order valence-corrected chi connectivity index (χ0v) is 17.4. The standard InChI is InChI=1S/C23H25N3O2S/c1-25-21(18-9-4-2-5-10-18)15-24-23(25)29-17-22(27)26(16-20-13-8-14-28-20)19-11-6-3-7-12-19/h2,4-5,8-11,13-15H,3,6-7,12,16-17H2,1H3. The summed E-state index contributed by atoms with van der Waals surface area (Å²) >= 11 is 1.48. The van der Waals surface area contributed by atoms with Crippen LogP contribution in [0.25, 0.3) is 11.3 Å². The van der Waals surface area contributed by atoms with Gasteiger partial charge in [-0.2, -0.15) is 0 Å². The lowest BCUT2D eigenvalue weighted by Gasteiger charge is -2.27. The Morgan fingerprint density at radius 2 is 2.07 bits per heavy atom. The Labute approximate surface area is 175 Å². The van der Waals surface area contributed by atoms with Crippen LogP contribution in [-0.4, -0.2) is 26.1 Å². The molecule has 1 aromatic carbocycles. The summed E-state index contributed by atoms with van der Waals surface area (Å²) in [6.45, 7) is 0.480. The molecule has 150 valence electrons. The zero-order chi connectivity index (χ0) is 20.1. The minimum atomic E-state index is 0.0869. The van der Waals surface area contributed by atoms with Crippen LogP contribution in [0.3, 0.4) is 0 Å². The molecular weight excluding hydrogens is 382 g/mol. The summed E-state index contributed by atoms with van der Waals surface area (Å²) in [5.74, 6) is 1.24. The monoisotopic (exact) mass is 407 g/mol. The average molecular weight is 408 g/mol. The van der Waals surface area contributed by atoms with E-state index < -0.39 is 0 Å². The third kappa shape index (κ3) is 4.65. The maximum Gasteiger partial charge on any atom is 0.237 e. The average Bonchev–Trinajstić information content (AvgIpc) is 3.41. The molecule has 0 radical (unpaired) electrons. The second kappa shape index (κ2) is 9.18. The summed E-state index contributed by atoms with van der Waals surface area (Å²) in [6, 6.07) is 13.9. The summed E-state index contributed by atoms with van der Waals surface area (Å²) in [4.78, 5) is 19.5. The number of aromatic nitrogens is 2. The number of rotatable bonds is 7. The van der Waals surface area contributed by atoms with Crippen LogP contribution in [0.4, 0.5) is 0 Å². The highest BCUT2D eigenvalue weighted by molar-refractivity contribution is 7.99. The summed E-state index contributed by atoms with van der Waals surface area (Å²) < 4.78 is 7.54. The topological polar surface area (TPSA) is 51.3 Å². The van der Waals surface area contributed by atoms with Gasteiger partial charge in [0.2, 0.25) is 5.91 Å². The van der Waals surface area contributed by atoms with Crippen molar-refractivity contribution in [2.24, 2.45) is 7.05 Å². The lowest BCUT2D eigenvalue weighted by molar-refractivity contribution is -0.127. The van der Waals surface area contributed by atoms with Crippen LogP contribution in [0.5, 0.6) is 0 Å². The lowest BCUT2D eigenvalue weighted by Crippen LogP contribution is -2.32. The number of imidazole rings is 1. The fourth-order valence-electron chi connectivity index (χ4n) is 3.58. The fraction of sp³-hybridized carbons (Fsp3) is 0.304. The molecule has 1 aliphatic carbocycles. The molecule has 0 bridgehead atoms. The number of carbonyl (C=O) groups excluding carboxylic acids is 1. The highest BCUT2D eigenvalue weighted by atomic mass is 32.2. The van der Waals surface area contributed by atoms with Gasteiger partial charge in [0, 0.05) is 12.7 Å². The van der Waals surface area contributed by atoms with E-state index in [0.29, 0.717) is 12.3 Å². The normalized spacial score (nSPS) is 13.9. The van der Waals surface area contributed by atoms with E-state index in [1.807, 2.05) is 53.0 Å². The van der Waals surface area contributed by atoms with E-state index in [2.05, 4.69) is 23.2 Å². The Bertz CT molecular complexity index is 977. The van der Waals surface area contributed by atoms with Crippen LogP contribution in [0.1, 0.15) is 31.4 Å². The van der Waals surface area contributed by atoms with Gasteiger partial charge >= 0.3 is 0 Å². The van der Waals surface area contributed by atoms with E-state index in [0.717, 1.165) is 47.1 Å². The summed E-state index contributed by atoms with van der Waals surface area (Å²) in [6.07, 6.45) is 10.0. The van der Waals surface area contributed by atoms with Crippen molar-refractivity contribution in [1.82, 2.24) is 14.5 Å². The quantitative estimate of drug-likeness (QED) is 0.501. The van der Waals surface area contributed by atoms with Crippen molar-refractivity contribution in [2.45, 2.75) is 37.4 Å². The van der Waals surface area contributed by atoms with E-state index in [1.165, 1.54) is 18.2 Å². The van der Waals surface area contributed by atoms with E-state index in [4.69, 9.17) is 4.42 Å². The molecule has 2 heterocycles. The Kier molecular flexibility index (Phi) is 6.20. The number of furan rings is 1. The molecule has 0 aliphatic heterocycles. The minimum Gasteiger partial charge on any atom is -0.467 e. The molecule has 1 aliphatic rings. The third-order valence-electron chi connectivity index (χ3n) is 5.15. The molecule has 0 saturated heterocycles. The molecule has 1 amide bonds. The molecule has 6 heteroatoms. The predicted octanol–water partition coefficient (Wildman–Crippen LogP) is 5.26. The van der Waals surface area contributed by atoms with Gasteiger partial charge in [0.15, 0.2) is 5.16 Å². The molecule has 0 spiro atoms. The number of hydrogen-bond acceptors (Lipinski definition) is 4. The van der Waals surface area contributed by atoms with Gasteiger partial charge < -0.3 is 13.9 Å². The Balaban J connectivity index is 1.47. The fourth-order valence-corrected chi connectivity index (χ4v) is 4.41. The van der Waals surface area contributed by atoms with Crippen LogP contribution in [0.15, 0.2) is 76.3 Å². The molecule has 2 aromatic heterocycles. The van der Waals surface area contributed by atoms with Crippen LogP contribution in [0.2, 0.25) is 0 Å². The third-order valence-corrected chi connectivity index (χ3v) is 6.18. The van der Waals surface area contributed by atoms with Gasteiger partial charge in [-0.3, -0.25) is 4.79 Å². The van der Waals surface area contributed by atoms with Gasteiger partial charge in [0.05, 0.1) is 30.5 Å². The summed E-state index contributed by atoms with van der Waals surface area (Å²) in [5, 5.41) is 0.841. The molecule has 0 atom stereocenters. The van der Waals surface area contributed by atoms with Gasteiger partial charge in [-0.05, 0) is 43.4 Å². The van der Waals surface area contributed by atoms with Gasteiger partial charge in [-0.15, -0.1) is 0 Å². The highest BCUT2D eigenvalue weighted by Gasteiger charge is 2.22. The first-order chi connectivity index (χ1) is 14.2. The summed E-state index contributed by atoms with van der Waals surface area (Å²) in [7, 11) is 1.99. The van der Waals surface area contributed by atoms with E-state index in [-0.39, 0.29) is 5.91 Å². The lowest BCUT2D eigenvalue weighted by atomic mass is 10.0. The van der Waals surface area contributed by atoms with Gasteiger partial charge in [0.1, 0.15) is 5.76 Å². The zero-order valence-electron chi connectivity index (χ0n) is 16.6. The molecule has 0 N–H and O–H groups in total. The molecule has 0 unspecified atom stereocenters. The number of nitrogens with zero attached hydrogens (tertiary/aromatic N) is 3. The highest BCUT2D eigenvalue weighted by Crippen LogP contribution is 2.27. The number of benzene rings is 1. The first-order valence-corrected chi connectivity index (χ1v) is 10.9. The molecule has 4 rings (SSSR count). The second-order valence-electron chi connectivity index (χ2n) is 7.14.